The highest BCUT2D eigenvalue weighted by Crippen LogP contribution is 2.27. The van der Waals surface area contributed by atoms with Crippen LogP contribution < -0.4 is 19.9 Å². The number of ether oxygens (including phenoxy) is 1. The first kappa shape index (κ1) is 45.9. The zero-order valence-electron chi connectivity index (χ0n) is 34.1. The fourth-order valence-electron chi connectivity index (χ4n) is 5.34. The Kier molecular flexibility index (Phi) is 17.1. The third kappa shape index (κ3) is 14.5. The number of hydrogen-bond donors (Lipinski definition) is 3. The summed E-state index contributed by atoms with van der Waals surface area (Å²) in [6.45, 7) is 15.5. The molecular weight excluding hydrogens is 759 g/mol. The van der Waals surface area contributed by atoms with Gasteiger partial charge < -0.3 is 10.5 Å². The molecule has 0 aliphatic carbocycles. The van der Waals surface area contributed by atoms with Gasteiger partial charge in [-0.2, -0.15) is 0 Å². The van der Waals surface area contributed by atoms with E-state index in [1.807, 2.05) is 79.7 Å². The molecule has 5 aromatic rings. The van der Waals surface area contributed by atoms with Crippen molar-refractivity contribution in [2.45, 2.75) is 97.3 Å². The number of rotatable bonds is 13. The maximum Gasteiger partial charge on any atom is 0.311 e. The van der Waals surface area contributed by atoms with Crippen molar-refractivity contribution in [2.24, 2.45) is 0 Å². The minimum Gasteiger partial charge on any atom is -0.427 e. The van der Waals surface area contributed by atoms with Crippen LogP contribution in [0.5, 0.6) is 5.75 Å². The van der Waals surface area contributed by atoms with E-state index < -0.39 is 20.0 Å². The van der Waals surface area contributed by atoms with Crippen LogP contribution in [0.1, 0.15) is 78.5 Å². The van der Waals surface area contributed by atoms with E-state index in [1.54, 1.807) is 78.9 Å². The molecule has 0 saturated carbocycles. The zero-order valence-corrected chi connectivity index (χ0v) is 35.7. The summed E-state index contributed by atoms with van der Waals surface area (Å²) in [5, 5.41) is 0. The van der Waals surface area contributed by atoms with Crippen molar-refractivity contribution in [1.29, 1.82) is 0 Å². The van der Waals surface area contributed by atoms with Crippen molar-refractivity contribution in [1.82, 2.24) is 0 Å². The highest BCUT2D eigenvalue weighted by atomic mass is 32.2. The minimum absolute atomic E-state index is 0.113. The van der Waals surface area contributed by atoms with Gasteiger partial charge in [-0.1, -0.05) is 73.5 Å². The molecule has 0 spiro atoms. The number of nitrogen functional groups attached to an aromatic ring is 1. The number of ketones is 1. The molecule has 0 radical (unpaired) electrons. The van der Waals surface area contributed by atoms with Crippen LogP contribution in [0.4, 0.5) is 17.1 Å². The van der Waals surface area contributed by atoms with Gasteiger partial charge in [0.25, 0.3) is 20.0 Å². The molecule has 4 N–H and O–H groups in total. The first-order valence-corrected chi connectivity index (χ1v) is 21.7. The number of nitrogens with two attached hydrogens (primary N) is 1. The molecule has 0 heterocycles. The molecule has 0 saturated heterocycles. The number of aryl methyl sites for hydroxylation is 6. The lowest BCUT2D eigenvalue weighted by Crippen LogP contribution is -2.16. The van der Waals surface area contributed by atoms with E-state index in [1.165, 1.54) is 0 Å². The van der Waals surface area contributed by atoms with Gasteiger partial charge >= 0.3 is 5.97 Å². The number of nitrogens with one attached hydrogen (secondary N) is 2. The highest BCUT2D eigenvalue weighted by Gasteiger charge is 2.19. The second-order valence-electron chi connectivity index (χ2n) is 14.0. The fraction of sp³-hybridized carbons (Fsp3) is 0.289. The Bertz CT molecular complexity index is 2340. The Morgan fingerprint density at radius 3 is 1.51 bits per heavy atom. The number of sulfonamides is 2. The predicted octanol–water partition coefficient (Wildman–Crippen LogP) is 9.71. The Balaban J connectivity index is 0.000000243. The van der Waals surface area contributed by atoms with Crippen LogP contribution in [0.15, 0.2) is 113 Å². The molecule has 12 heteroatoms. The first-order valence-electron chi connectivity index (χ1n) is 18.8. The second-order valence-corrected chi connectivity index (χ2v) is 17.3. The maximum absolute atomic E-state index is 12.7. The van der Waals surface area contributed by atoms with Crippen molar-refractivity contribution in [3.05, 3.63) is 142 Å². The fourth-order valence-corrected chi connectivity index (χ4v) is 7.51. The molecule has 304 valence electrons. The van der Waals surface area contributed by atoms with Crippen LogP contribution in [-0.4, -0.2) is 28.6 Å². The van der Waals surface area contributed by atoms with E-state index in [0.717, 1.165) is 51.8 Å². The number of Topliss-reactive ketones (excluding diaryl/α,β-unsaturated/α-hetero) is 1. The van der Waals surface area contributed by atoms with Gasteiger partial charge in [0.1, 0.15) is 11.5 Å². The largest absolute Gasteiger partial charge is 0.427 e. The lowest BCUT2D eigenvalue weighted by Gasteiger charge is -2.15. The normalized spacial score (nSPS) is 10.9. The molecule has 0 atom stereocenters. The van der Waals surface area contributed by atoms with Crippen molar-refractivity contribution in [2.75, 3.05) is 15.2 Å². The molecule has 57 heavy (non-hydrogen) atoms. The molecule has 0 unspecified atom stereocenters. The number of para-hydroxylation sites is 1. The van der Waals surface area contributed by atoms with Gasteiger partial charge in [-0.05, 0) is 137 Å². The van der Waals surface area contributed by atoms with Gasteiger partial charge in [0.2, 0.25) is 0 Å². The lowest BCUT2D eigenvalue weighted by atomic mass is 9.99. The first-order chi connectivity index (χ1) is 26.8. The Labute approximate surface area is 339 Å². The second kappa shape index (κ2) is 21.2. The zero-order chi connectivity index (χ0) is 42.3. The number of esters is 1. The van der Waals surface area contributed by atoms with Gasteiger partial charge in [-0.25, -0.2) is 16.8 Å². The lowest BCUT2D eigenvalue weighted by molar-refractivity contribution is -0.134. The van der Waals surface area contributed by atoms with Crippen LogP contribution in [0.2, 0.25) is 0 Å². The maximum atomic E-state index is 12.7. The molecule has 10 nitrogen and oxygen atoms in total. The van der Waals surface area contributed by atoms with Crippen molar-refractivity contribution in [3.63, 3.8) is 0 Å². The van der Waals surface area contributed by atoms with Gasteiger partial charge in [0.15, 0.2) is 0 Å². The van der Waals surface area contributed by atoms with Gasteiger partial charge in [0, 0.05) is 19.3 Å². The number of carbonyl (C=O) groups excluding carboxylic acids is 2. The van der Waals surface area contributed by atoms with E-state index in [0.29, 0.717) is 35.7 Å². The molecule has 0 aromatic heterocycles. The van der Waals surface area contributed by atoms with E-state index in [9.17, 15) is 26.4 Å². The van der Waals surface area contributed by atoms with Gasteiger partial charge in [0.05, 0.1) is 26.9 Å². The summed E-state index contributed by atoms with van der Waals surface area (Å²) in [5.41, 5.74) is 13.9. The van der Waals surface area contributed by atoms with E-state index in [4.69, 9.17) is 10.5 Å². The van der Waals surface area contributed by atoms with Gasteiger partial charge in [-0.15, -0.1) is 0 Å². The summed E-state index contributed by atoms with van der Waals surface area (Å²) in [6, 6.07) is 29.7. The average molecular weight is 814 g/mol. The van der Waals surface area contributed by atoms with Crippen molar-refractivity contribution < 1.29 is 31.2 Å². The van der Waals surface area contributed by atoms with Crippen LogP contribution in [0, 0.1) is 41.5 Å². The number of anilines is 3. The average Bonchev–Trinajstić information content (AvgIpc) is 3.14. The van der Waals surface area contributed by atoms with Crippen LogP contribution in [-0.2, 0) is 36.1 Å². The quantitative estimate of drug-likeness (QED) is 0.0602. The summed E-state index contributed by atoms with van der Waals surface area (Å²) in [5.74, 6) is 0.571. The monoisotopic (exact) mass is 813 g/mol. The molecule has 5 rings (SSSR count). The Hall–Kier alpha value is -5.46. The summed E-state index contributed by atoms with van der Waals surface area (Å²) < 4.78 is 60.2. The van der Waals surface area contributed by atoms with Crippen LogP contribution in [0.3, 0.4) is 0 Å². The summed E-state index contributed by atoms with van der Waals surface area (Å²) >= 11 is 0. The smallest absolute Gasteiger partial charge is 0.311 e. The molecular formula is C45H55N3O7S2. The molecule has 0 bridgehead atoms. The van der Waals surface area contributed by atoms with E-state index in [2.05, 4.69) is 9.44 Å². The number of hydrogen-bond acceptors (Lipinski definition) is 8. The molecule has 0 amide bonds. The SMILES string of the molecule is CCCC(=O)Cc1cc(C)c(C)cc1NS(=O)(=O)c1ccc(C)cc1.CCCC(=O)Oc1ccccc1.Cc1ccc(S(=O)(=O)Nc2cc(C)c(C)cc2N)cc1. The summed E-state index contributed by atoms with van der Waals surface area (Å²) in [7, 11) is -7.30. The van der Waals surface area contributed by atoms with Crippen molar-refractivity contribution in [3.8, 4) is 5.75 Å². The third-order valence-corrected chi connectivity index (χ3v) is 11.6. The topological polar surface area (TPSA) is 162 Å². The standard InChI is InChI=1S/C20H25NO3S.C15H18N2O2S.C10H12O2/c1-5-6-18(22)13-17-11-15(3)16(4)12-20(17)21-25(23,24)19-9-7-14(2)8-10-19;1-10-4-6-13(7-5-10)20(18,19)17-15-9-12(3)11(2)8-14(15)16;1-2-6-10(11)12-9-7-4-3-5-8-9/h7-12,21H,5-6,13H2,1-4H3;4-9,17H,16H2,1-3H3;3-5,7-8H,2,6H2,1H3. The Morgan fingerprint density at radius 1 is 0.579 bits per heavy atom. The van der Waals surface area contributed by atoms with Crippen LogP contribution in [0.25, 0.3) is 0 Å². The number of carbonyl (C=O) groups is 2. The molecule has 0 fully saturated rings. The van der Waals surface area contributed by atoms with E-state index in [-0.39, 0.29) is 28.0 Å². The molecule has 5 aromatic carbocycles. The van der Waals surface area contributed by atoms with Crippen LogP contribution >= 0.6 is 0 Å². The van der Waals surface area contributed by atoms with E-state index >= 15 is 0 Å². The highest BCUT2D eigenvalue weighted by molar-refractivity contribution is 7.93. The van der Waals surface area contributed by atoms with Crippen molar-refractivity contribution >= 4 is 48.9 Å². The molecule has 0 aliphatic heterocycles. The molecule has 0 aliphatic rings. The minimum atomic E-state index is -3.69. The van der Waals surface area contributed by atoms with Gasteiger partial charge in [-0.3, -0.25) is 19.0 Å². The summed E-state index contributed by atoms with van der Waals surface area (Å²) in [6.07, 6.45) is 2.83. The number of benzene rings is 5. The Morgan fingerprint density at radius 2 is 1.02 bits per heavy atom. The predicted molar refractivity (Wildman–Crippen MR) is 231 cm³/mol. The summed E-state index contributed by atoms with van der Waals surface area (Å²) in [4.78, 5) is 23.5. The third-order valence-electron chi connectivity index (χ3n) is 8.88.